The zero-order valence-corrected chi connectivity index (χ0v) is 7.02. The van der Waals surface area contributed by atoms with E-state index in [-0.39, 0.29) is 0 Å². The standard InChI is InChI=1S/C7H9N3O3/c1-10-4-5(3-8-10)9-6(11)2-7(12)13/h3-4H,2H2,1H3,(H,9,11)(H,12,13). The van der Waals surface area contributed by atoms with Gasteiger partial charge in [-0.2, -0.15) is 5.10 Å². The van der Waals surface area contributed by atoms with E-state index in [1.807, 2.05) is 0 Å². The van der Waals surface area contributed by atoms with Crippen molar-refractivity contribution in [2.24, 2.45) is 7.05 Å². The second kappa shape index (κ2) is 3.70. The van der Waals surface area contributed by atoms with E-state index in [2.05, 4.69) is 10.4 Å². The highest BCUT2D eigenvalue weighted by Crippen LogP contribution is 2.03. The van der Waals surface area contributed by atoms with Gasteiger partial charge in [0.15, 0.2) is 0 Å². The molecule has 0 saturated carbocycles. The van der Waals surface area contributed by atoms with E-state index in [0.717, 1.165) is 0 Å². The summed E-state index contributed by atoms with van der Waals surface area (Å²) in [6.45, 7) is 0. The highest BCUT2D eigenvalue weighted by molar-refractivity contribution is 6.01. The van der Waals surface area contributed by atoms with Crippen molar-refractivity contribution in [3.63, 3.8) is 0 Å². The molecule has 1 rings (SSSR count). The van der Waals surface area contributed by atoms with E-state index in [1.165, 1.54) is 10.9 Å². The summed E-state index contributed by atoms with van der Waals surface area (Å²) >= 11 is 0. The van der Waals surface area contributed by atoms with Crippen molar-refractivity contribution in [3.8, 4) is 0 Å². The Balaban J connectivity index is 2.50. The molecule has 0 radical (unpaired) electrons. The van der Waals surface area contributed by atoms with Crippen LogP contribution in [0, 0.1) is 0 Å². The molecule has 0 fully saturated rings. The first-order valence-corrected chi connectivity index (χ1v) is 3.58. The number of amides is 1. The number of aromatic nitrogens is 2. The first kappa shape index (κ1) is 9.24. The lowest BCUT2D eigenvalue weighted by Gasteiger charge is -1.97. The van der Waals surface area contributed by atoms with Crippen LogP contribution in [0.1, 0.15) is 6.42 Å². The van der Waals surface area contributed by atoms with Gasteiger partial charge in [-0.3, -0.25) is 14.3 Å². The van der Waals surface area contributed by atoms with Crippen LogP contribution in [0.2, 0.25) is 0 Å². The molecule has 0 saturated heterocycles. The van der Waals surface area contributed by atoms with Crippen molar-refractivity contribution < 1.29 is 14.7 Å². The van der Waals surface area contributed by atoms with Crippen LogP contribution in [-0.4, -0.2) is 26.8 Å². The van der Waals surface area contributed by atoms with Gasteiger partial charge in [-0.15, -0.1) is 0 Å². The topological polar surface area (TPSA) is 84.2 Å². The van der Waals surface area contributed by atoms with Gasteiger partial charge < -0.3 is 10.4 Å². The normalized spacial score (nSPS) is 9.62. The van der Waals surface area contributed by atoms with Crippen LogP contribution in [0.4, 0.5) is 5.69 Å². The second-order valence-corrected chi connectivity index (χ2v) is 2.52. The van der Waals surface area contributed by atoms with Crippen molar-refractivity contribution in [1.82, 2.24) is 9.78 Å². The summed E-state index contributed by atoms with van der Waals surface area (Å²) in [5.41, 5.74) is 0.494. The Morgan fingerprint density at radius 2 is 2.38 bits per heavy atom. The van der Waals surface area contributed by atoms with Crippen molar-refractivity contribution in [1.29, 1.82) is 0 Å². The smallest absolute Gasteiger partial charge is 0.312 e. The first-order chi connectivity index (χ1) is 6.08. The number of carbonyl (C=O) groups excluding carboxylic acids is 1. The molecule has 0 aliphatic heterocycles. The number of carboxylic acids is 1. The summed E-state index contributed by atoms with van der Waals surface area (Å²) in [6.07, 6.45) is 2.49. The Kier molecular flexibility index (Phi) is 2.63. The lowest BCUT2D eigenvalue weighted by molar-refractivity contribution is -0.139. The van der Waals surface area contributed by atoms with E-state index in [0.29, 0.717) is 5.69 Å². The molecule has 6 heteroatoms. The number of carbonyl (C=O) groups is 2. The predicted octanol–water partition coefficient (Wildman–Crippen LogP) is -0.167. The van der Waals surface area contributed by atoms with Gasteiger partial charge in [0.1, 0.15) is 6.42 Å². The van der Waals surface area contributed by atoms with Gasteiger partial charge in [-0.05, 0) is 0 Å². The number of hydrogen-bond acceptors (Lipinski definition) is 3. The zero-order chi connectivity index (χ0) is 9.84. The summed E-state index contributed by atoms with van der Waals surface area (Å²) < 4.78 is 1.51. The fourth-order valence-corrected chi connectivity index (χ4v) is 0.828. The number of carboxylic acid groups (broad SMARTS) is 1. The maximum Gasteiger partial charge on any atom is 0.312 e. The molecule has 1 aromatic heterocycles. The lowest BCUT2D eigenvalue weighted by Crippen LogP contribution is -2.15. The zero-order valence-electron chi connectivity index (χ0n) is 7.02. The quantitative estimate of drug-likeness (QED) is 0.637. The number of aliphatic carboxylic acids is 1. The summed E-state index contributed by atoms with van der Waals surface area (Å²) in [7, 11) is 1.70. The van der Waals surface area contributed by atoms with E-state index in [4.69, 9.17) is 5.11 Å². The summed E-state index contributed by atoms with van der Waals surface area (Å²) in [5, 5.41) is 14.5. The fourth-order valence-electron chi connectivity index (χ4n) is 0.828. The van der Waals surface area contributed by atoms with Crippen LogP contribution in [0.25, 0.3) is 0 Å². The molecular weight excluding hydrogens is 174 g/mol. The minimum atomic E-state index is -1.15. The molecule has 6 nitrogen and oxygen atoms in total. The third-order valence-corrected chi connectivity index (χ3v) is 1.30. The molecule has 1 heterocycles. The first-order valence-electron chi connectivity index (χ1n) is 3.58. The summed E-state index contributed by atoms with van der Waals surface area (Å²) in [6, 6.07) is 0. The molecule has 0 bridgehead atoms. The summed E-state index contributed by atoms with van der Waals surface area (Å²) in [4.78, 5) is 21.0. The predicted molar refractivity (Wildman–Crippen MR) is 44.1 cm³/mol. The van der Waals surface area contributed by atoms with E-state index in [1.54, 1.807) is 13.2 Å². The van der Waals surface area contributed by atoms with Gasteiger partial charge in [0.2, 0.25) is 5.91 Å². The van der Waals surface area contributed by atoms with Gasteiger partial charge >= 0.3 is 5.97 Å². The van der Waals surface area contributed by atoms with Crippen LogP contribution in [0.5, 0.6) is 0 Å². The van der Waals surface area contributed by atoms with Crippen LogP contribution in [-0.2, 0) is 16.6 Å². The molecule has 0 aromatic carbocycles. The SMILES string of the molecule is Cn1cc(NC(=O)CC(=O)O)cn1. The second-order valence-electron chi connectivity index (χ2n) is 2.52. The van der Waals surface area contributed by atoms with Crippen molar-refractivity contribution in [2.75, 3.05) is 5.32 Å². The van der Waals surface area contributed by atoms with E-state index >= 15 is 0 Å². The average molecular weight is 183 g/mol. The molecule has 1 aromatic rings. The Hall–Kier alpha value is -1.85. The average Bonchev–Trinajstić information content (AvgIpc) is 2.33. The van der Waals surface area contributed by atoms with Crippen molar-refractivity contribution in [3.05, 3.63) is 12.4 Å². The number of hydrogen-bond donors (Lipinski definition) is 2. The maximum absolute atomic E-state index is 10.9. The van der Waals surface area contributed by atoms with Gasteiger partial charge in [0.05, 0.1) is 11.9 Å². The summed E-state index contributed by atoms with van der Waals surface area (Å²) in [5.74, 6) is -1.71. The molecule has 70 valence electrons. The minimum Gasteiger partial charge on any atom is -0.481 e. The fraction of sp³-hybridized carbons (Fsp3) is 0.286. The van der Waals surface area contributed by atoms with E-state index in [9.17, 15) is 9.59 Å². The number of aryl methyl sites for hydroxylation is 1. The molecule has 0 unspecified atom stereocenters. The number of anilines is 1. The van der Waals surface area contributed by atoms with Gasteiger partial charge in [0, 0.05) is 13.2 Å². The van der Waals surface area contributed by atoms with Gasteiger partial charge in [-0.1, -0.05) is 0 Å². The van der Waals surface area contributed by atoms with E-state index < -0.39 is 18.3 Å². The molecule has 1 amide bonds. The highest BCUT2D eigenvalue weighted by Gasteiger charge is 2.07. The maximum atomic E-state index is 10.9. The van der Waals surface area contributed by atoms with Crippen LogP contribution in [0.15, 0.2) is 12.4 Å². The molecular formula is C7H9N3O3. The highest BCUT2D eigenvalue weighted by atomic mass is 16.4. The Morgan fingerprint density at radius 1 is 1.69 bits per heavy atom. The molecule has 0 aliphatic rings. The van der Waals surface area contributed by atoms with Gasteiger partial charge in [0.25, 0.3) is 0 Å². The van der Waals surface area contributed by atoms with Crippen LogP contribution in [0.3, 0.4) is 0 Å². The Bertz CT molecular complexity index is 331. The van der Waals surface area contributed by atoms with Crippen molar-refractivity contribution >= 4 is 17.6 Å². The monoisotopic (exact) mass is 183 g/mol. The van der Waals surface area contributed by atoms with Crippen molar-refractivity contribution in [2.45, 2.75) is 6.42 Å². The molecule has 2 N–H and O–H groups in total. The minimum absolute atomic E-state index is 0.494. The molecule has 0 atom stereocenters. The number of nitrogens with zero attached hydrogens (tertiary/aromatic N) is 2. The lowest BCUT2D eigenvalue weighted by atomic mass is 10.4. The largest absolute Gasteiger partial charge is 0.481 e. The number of nitrogens with one attached hydrogen (secondary N) is 1. The molecule has 0 aliphatic carbocycles. The van der Waals surface area contributed by atoms with Crippen LogP contribution >= 0.6 is 0 Å². The van der Waals surface area contributed by atoms with Crippen LogP contribution < -0.4 is 5.32 Å². The number of rotatable bonds is 3. The molecule has 0 spiro atoms. The van der Waals surface area contributed by atoms with Gasteiger partial charge in [-0.25, -0.2) is 0 Å². The third kappa shape index (κ3) is 2.94. The third-order valence-electron chi connectivity index (χ3n) is 1.30. The Morgan fingerprint density at radius 3 is 2.85 bits per heavy atom. The molecule has 13 heavy (non-hydrogen) atoms. The Labute approximate surface area is 74.2 Å².